The van der Waals surface area contributed by atoms with Crippen molar-refractivity contribution in [3.8, 4) is 0 Å². The summed E-state index contributed by atoms with van der Waals surface area (Å²) in [5, 5.41) is 1.04. The molecule has 0 amide bonds. The predicted molar refractivity (Wildman–Crippen MR) is 98.4 cm³/mol. The van der Waals surface area contributed by atoms with E-state index in [9.17, 15) is 0 Å². The molecule has 23 heavy (non-hydrogen) atoms. The summed E-state index contributed by atoms with van der Waals surface area (Å²) in [5.41, 5.74) is 10.1. The SMILES string of the molecule is CCCCN1Cc2c(ccc3c2c(N)cn3N)N=C1C(C)(C)C. The lowest BCUT2D eigenvalue weighted by Crippen LogP contribution is -2.41. The van der Waals surface area contributed by atoms with E-state index >= 15 is 0 Å². The maximum atomic E-state index is 6.20. The Morgan fingerprint density at radius 1 is 1.26 bits per heavy atom. The number of aliphatic imine (C=N–C) groups is 1. The molecule has 1 aromatic heterocycles. The molecule has 0 spiro atoms. The third-order valence-corrected chi connectivity index (χ3v) is 4.44. The monoisotopic (exact) mass is 313 g/mol. The van der Waals surface area contributed by atoms with E-state index in [2.05, 4.69) is 38.7 Å². The van der Waals surface area contributed by atoms with Crippen molar-refractivity contribution in [2.75, 3.05) is 18.1 Å². The second-order valence-corrected chi connectivity index (χ2v) is 7.41. The zero-order valence-corrected chi connectivity index (χ0v) is 14.6. The van der Waals surface area contributed by atoms with Crippen molar-refractivity contribution in [2.45, 2.75) is 47.1 Å². The molecule has 0 aliphatic carbocycles. The van der Waals surface area contributed by atoms with Gasteiger partial charge >= 0.3 is 0 Å². The van der Waals surface area contributed by atoms with Crippen LogP contribution >= 0.6 is 0 Å². The molecule has 5 heteroatoms. The Morgan fingerprint density at radius 2 is 2.00 bits per heavy atom. The van der Waals surface area contributed by atoms with Gasteiger partial charge < -0.3 is 16.5 Å². The van der Waals surface area contributed by atoms with E-state index in [1.807, 2.05) is 6.07 Å². The fourth-order valence-electron chi connectivity index (χ4n) is 3.34. The molecule has 124 valence electrons. The molecule has 2 aromatic rings. The van der Waals surface area contributed by atoms with Crippen LogP contribution in [-0.4, -0.2) is 22.0 Å². The van der Waals surface area contributed by atoms with Gasteiger partial charge in [0.15, 0.2) is 0 Å². The summed E-state index contributed by atoms with van der Waals surface area (Å²) in [4.78, 5) is 7.39. The maximum Gasteiger partial charge on any atom is 0.111 e. The van der Waals surface area contributed by atoms with Crippen LogP contribution in [0, 0.1) is 5.41 Å². The smallest absolute Gasteiger partial charge is 0.111 e. The van der Waals surface area contributed by atoms with Gasteiger partial charge in [0, 0.05) is 35.7 Å². The van der Waals surface area contributed by atoms with Crippen LogP contribution < -0.4 is 11.6 Å². The number of amidine groups is 1. The van der Waals surface area contributed by atoms with Gasteiger partial charge in [-0.05, 0) is 18.6 Å². The molecule has 1 aliphatic rings. The predicted octanol–water partition coefficient (Wildman–Crippen LogP) is 3.63. The first-order chi connectivity index (χ1) is 10.8. The van der Waals surface area contributed by atoms with Gasteiger partial charge in [-0.25, -0.2) is 4.99 Å². The lowest BCUT2D eigenvalue weighted by molar-refractivity contribution is 0.352. The van der Waals surface area contributed by atoms with Gasteiger partial charge in [0.25, 0.3) is 0 Å². The average molecular weight is 313 g/mol. The molecule has 0 unspecified atom stereocenters. The van der Waals surface area contributed by atoms with E-state index in [1.165, 1.54) is 12.0 Å². The van der Waals surface area contributed by atoms with Crippen LogP contribution in [0.4, 0.5) is 11.4 Å². The highest BCUT2D eigenvalue weighted by Gasteiger charge is 2.30. The summed E-state index contributed by atoms with van der Waals surface area (Å²) in [7, 11) is 0. The number of nitrogens with zero attached hydrogens (tertiary/aromatic N) is 3. The molecule has 0 saturated heterocycles. The van der Waals surface area contributed by atoms with Gasteiger partial charge in [0.2, 0.25) is 0 Å². The van der Waals surface area contributed by atoms with Crippen molar-refractivity contribution < 1.29 is 0 Å². The van der Waals surface area contributed by atoms with Crippen LogP contribution in [0.25, 0.3) is 10.9 Å². The minimum absolute atomic E-state index is 0.0196. The van der Waals surface area contributed by atoms with Crippen molar-refractivity contribution in [1.29, 1.82) is 0 Å². The summed E-state index contributed by atoms with van der Waals surface area (Å²) in [5.74, 6) is 7.16. The number of hydrogen-bond donors (Lipinski definition) is 2. The molecule has 0 saturated carbocycles. The largest absolute Gasteiger partial charge is 0.397 e. The standard InChI is InChI=1S/C18H27N5/c1-5-6-9-22-10-12-14(21-17(22)18(2,3)4)7-8-15-16(12)13(19)11-23(15)20/h7-8,11H,5-6,9-10,19-20H2,1-4H3. The quantitative estimate of drug-likeness (QED) is 0.850. The van der Waals surface area contributed by atoms with Crippen molar-refractivity contribution in [3.63, 3.8) is 0 Å². The van der Waals surface area contributed by atoms with Gasteiger partial charge in [-0.15, -0.1) is 0 Å². The normalized spacial score (nSPS) is 15.0. The Balaban J connectivity index is 2.16. The third-order valence-electron chi connectivity index (χ3n) is 4.44. The van der Waals surface area contributed by atoms with Gasteiger partial charge in [-0.3, -0.25) is 4.68 Å². The first-order valence-corrected chi connectivity index (χ1v) is 8.34. The highest BCUT2D eigenvalue weighted by atomic mass is 15.3. The third kappa shape index (κ3) is 2.64. The van der Waals surface area contributed by atoms with Crippen molar-refractivity contribution in [1.82, 2.24) is 9.58 Å². The number of nitrogen functional groups attached to an aromatic ring is 2. The fourth-order valence-corrected chi connectivity index (χ4v) is 3.34. The number of unbranched alkanes of at least 4 members (excludes halogenated alkanes) is 1. The minimum Gasteiger partial charge on any atom is -0.397 e. The highest BCUT2D eigenvalue weighted by molar-refractivity contribution is 6.00. The van der Waals surface area contributed by atoms with Gasteiger partial charge in [0.05, 0.1) is 16.9 Å². The van der Waals surface area contributed by atoms with E-state index in [0.717, 1.165) is 47.6 Å². The van der Waals surface area contributed by atoms with Gasteiger partial charge in [-0.2, -0.15) is 0 Å². The number of rotatable bonds is 3. The van der Waals surface area contributed by atoms with Crippen LogP contribution in [0.3, 0.4) is 0 Å². The molecule has 1 aliphatic heterocycles. The summed E-state index contributed by atoms with van der Waals surface area (Å²) in [6.45, 7) is 10.7. The first kappa shape index (κ1) is 15.7. The molecular formula is C18H27N5. The lowest BCUT2D eigenvalue weighted by atomic mass is 9.91. The summed E-state index contributed by atoms with van der Waals surface area (Å²) >= 11 is 0. The van der Waals surface area contributed by atoms with E-state index in [1.54, 1.807) is 10.9 Å². The number of benzene rings is 1. The summed E-state index contributed by atoms with van der Waals surface area (Å²) < 4.78 is 1.60. The molecule has 2 heterocycles. The van der Waals surface area contributed by atoms with Crippen molar-refractivity contribution >= 4 is 28.1 Å². The second kappa shape index (κ2) is 5.48. The van der Waals surface area contributed by atoms with Crippen molar-refractivity contribution in [3.05, 3.63) is 23.9 Å². The molecule has 1 aromatic carbocycles. The topological polar surface area (TPSA) is 72.6 Å². The Kier molecular flexibility index (Phi) is 3.74. The minimum atomic E-state index is 0.0196. The van der Waals surface area contributed by atoms with Crippen LogP contribution in [0.2, 0.25) is 0 Å². The van der Waals surface area contributed by atoms with Crippen LogP contribution in [0.5, 0.6) is 0 Å². The Morgan fingerprint density at radius 3 is 2.65 bits per heavy atom. The Labute approximate surface area is 137 Å². The first-order valence-electron chi connectivity index (χ1n) is 8.34. The highest BCUT2D eigenvalue weighted by Crippen LogP contribution is 2.38. The summed E-state index contributed by atoms with van der Waals surface area (Å²) in [6, 6.07) is 4.07. The molecule has 4 N–H and O–H groups in total. The molecule has 0 fully saturated rings. The summed E-state index contributed by atoms with van der Waals surface area (Å²) in [6.07, 6.45) is 4.12. The molecule has 0 atom stereocenters. The zero-order chi connectivity index (χ0) is 16.8. The van der Waals surface area contributed by atoms with Gasteiger partial charge in [-0.1, -0.05) is 34.1 Å². The Hall–Kier alpha value is -2.17. The van der Waals surface area contributed by atoms with Crippen LogP contribution in [-0.2, 0) is 6.54 Å². The number of aromatic nitrogens is 1. The number of anilines is 1. The average Bonchev–Trinajstić information content (AvgIpc) is 2.78. The molecule has 5 nitrogen and oxygen atoms in total. The molecule has 3 rings (SSSR count). The second-order valence-electron chi connectivity index (χ2n) is 7.41. The molecule has 0 radical (unpaired) electrons. The number of hydrogen-bond acceptors (Lipinski definition) is 4. The Bertz CT molecular complexity index is 764. The zero-order valence-electron chi connectivity index (χ0n) is 14.6. The van der Waals surface area contributed by atoms with Crippen LogP contribution in [0.1, 0.15) is 46.1 Å². The molecule has 0 bridgehead atoms. The van der Waals surface area contributed by atoms with Crippen molar-refractivity contribution in [2.24, 2.45) is 10.4 Å². The van der Waals surface area contributed by atoms with E-state index in [4.69, 9.17) is 16.6 Å². The number of fused-ring (bicyclic) bond motifs is 3. The van der Waals surface area contributed by atoms with E-state index in [-0.39, 0.29) is 5.41 Å². The number of nitrogens with two attached hydrogens (primary N) is 2. The lowest BCUT2D eigenvalue weighted by Gasteiger charge is -2.37. The van der Waals surface area contributed by atoms with Crippen LogP contribution in [0.15, 0.2) is 23.3 Å². The van der Waals surface area contributed by atoms with E-state index in [0.29, 0.717) is 0 Å². The maximum absolute atomic E-state index is 6.20. The fraction of sp³-hybridized carbons (Fsp3) is 0.500. The molecular weight excluding hydrogens is 286 g/mol. The van der Waals surface area contributed by atoms with E-state index < -0.39 is 0 Å². The van der Waals surface area contributed by atoms with Gasteiger partial charge in [0.1, 0.15) is 5.84 Å².